The van der Waals surface area contributed by atoms with Gasteiger partial charge in [-0.15, -0.1) is 0 Å². The van der Waals surface area contributed by atoms with Crippen LogP contribution >= 0.6 is 11.6 Å². The van der Waals surface area contributed by atoms with Crippen molar-refractivity contribution >= 4 is 17.3 Å². The van der Waals surface area contributed by atoms with Crippen LogP contribution in [-0.4, -0.2) is 6.04 Å². The second kappa shape index (κ2) is 6.53. The molecule has 0 saturated carbocycles. The van der Waals surface area contributed by atoms with Crippen LogP contribution in [0.4, 0.5) is 5.69 Å². The van der Waals surface area contributed by atoms with Crippen molar-refractivity contribution in [3.63, 3.8) is 0 Å². The van der Waals surface area contributed by atoms with Crippen LogP contribution in [0.5, 0.6) is 0 Å². The molecule has 2 aromatic rings. The predicted octanol–water partition coefficient (Wildman–Crippen LogP) is 5.68. The molecule has 1 nitrogen and oxygen atoms in total. The Morgan fingerprint density at radius 3 is 2.24 bits per heavy atom. The summed E-state index contributed by atoms with van der Waals surface area (Å²) in [6.45, 7) is 8.96. The SMILES string of the molecule is CC(Cc1ccc(Cl)cc1)Nc1ccccc1C(C)(C)C. The summed E-state index contributed by atoms with van der Waals surface area (Å²) in [4.78, 5) is 0. The van der Waals surface area contributed by atoms with Gasteiger partial charge in [-0.05, 0) is 48.1 Å². The van der Waals surface area contributed by atoms with E-state index in [9.17, 15) is 0 Å². The summed E-state index contributed by atoms with van der Waals surface area (Å²) in [5, 5.41) is 4.44. The van der Waals surface area contributed by atoms with Crippen molar-refractivity contribution in [3.8, 4) is 0 Å². The van der Waals surface area contributed by atoms with Crippen LogP contribution in [0.25, 0.3) is 0 Å². The first kappa shape index (κ1) is 15.9. The molecule has 0 aliphatic rings. The summed E-state index contributed by atoms with van der Waals surface area (Å²) in [6.07, 6.45) is 0.982. The van der Waals surface area contributed by atoms with Gasteiger partial charge in [0.1, 0.15) is 0 Å². The van der Waals surface area contributed by atoms with Gasteiger partial charge in [0.2, 0.25) is 0 Å². The molecule has 2 aromatic carbocycles. The monoisotopic (exact) mass is 301 g/mol. The van der Waals surface area contributed by atoms with Gasteiger partial charge in [-0.2, -0.15) is 0 Å². The lowest BCUT2D eigenvalue weighted by atomic mass is 9.85. The van der Waals surface area contributed by atoms with Crippen LogP contribution in [0.15, 0.2) is 48.5 Å². The van der Waals surface area contributed by atoms with E-state index in [1.165, 1.54) is 16.8 Å². The summed E-state index contributed by atoms with van der Waals surface area (Å²) in [6, 6.07) is 17.0. The molecule has 0 aromatic heterocycles. The summed E-state index contributed by atoms with van der Waals surface area (Å²) >= 11 is 5.93. The van der Waals surface area contributed by atoms with E-state index in [1.807, 2.05) is 12.1 Å². The molecule has 1 atom stereocenters. The van der Waals surface area contributed by atoms with Crippen LogP contribution in [0.2, 0.25) is 5.02 Å². The highest BCUT2D eigenvalue weighted by Gasteiger charge is 2.18. The molecule has 0 aliphatic carbocycles. The molecule has 0 saturated heterocycles. The Balaban J connectivity index is 2.09. The van der Waals surface area contributed by atoms with Crippen molar-refractivity contribution in [2.45, 2.75) is 45.6 Å². The first-order valence-corrected chi connectivity index (χ1v) is 7.84. The number of hydrogen-bond acceptors (Lipinski definition) is 1. The minimum Gasteiger partial charge on any atom is -0.382 e. The molecule has 0 amide bonds. The average molecular weight is 302 g/mol. The van der Waals surface area contributed by atoms with Gasteiger partial charge in [-0.3, -0.25) is 0 Å². The topological polar surface area (TPSA) is 12.0 Å². The minimum atomic E-state index is 0.142. The van der Waals surface area contributed by atoms with Crippen molar-refractivity contribution in [1.29, 1.82) is 0 Å². The summed E-state index contributed by atoms with van der Waals surface area (Å²) in [5.41, 5.74) is 4.02. The van der Waals surface area contributed by atoms with Gasteiger partial charge in [-0.25, -0.2) is 0 Å². The number of anilines is 1. The quantitative estimate of drug-likeness (QED) is 0.766. The normalized spacial score (nSPS) is 13.0. The van der Waals surface area contributed by atoms with Gasteiger partial charge in [-0.1, -0.05) is 62.7 Å². The zero-order chi connectivity index (χ0) is 15.5. The second-order valence-corrected chi connectivity index (χ2v) is 7.11. The van der Waals surface area contributed by atoms with Crippen LogP contribution in [-0.2, 0) is 11.8 Å². The molecule has 0 spiro atoms. The second-order valence-electron chi connectivity index (χ2n) is 6.67. The maximum absolute atomic E-state index is 5.93. The number of hydrogen-bond donors (Lipinski definition) is 1. The number of nitrogens with one attached hydrogen (secondary N) is 1. The molecule has 0 radical (unpaired) electrons. The van der Waals surface area contributed by atoms with Crippen LogP contribution in [0.3, 0.4) is 0 Å². The number of para-hydroxylation sites is 1. The average Bonchev–Trinajstić information content (AvgIpc) is 2.41. The zero-order valence-corrected chi connectivity index (χ0v) is 14.0. The largest absolute Gasteiger partial charge is 0.382 e. The third-order valence-electron chi connectivity index (χ3n) is 3.59. The molecule has 112 valence electrons. The van der Waals surface area contributed by atoms with Gasteiger partial charge in [0.15, 0.2) is 0 Å². The Kier molecular flexibility index (Phi) is 4.95. The molecular weight excluding hydrogens is 278 g/mol. The van der Waals surface area contributed by atoms with E-state index in [0.717, 1.165) is 11.4 Å². The standard InChI is InChI=1S/C19H24ClN/c1-14(13-15-9-11-16(20)12-10-15)21-18-8-6-5-7-17(18)19(2,3)4/h5-12,14,21H,13H2,1-4H3. The van der Waals surface area contributed by atoms with Gasteiger partial charge < -0.3 is 5.32 Å². The van der Waals surface area contributed by atoms with Crippen LogP contribution in [0, 0.1) is 0 Å². The van der Waals surface area contributed by atoms with Crippen molar-refractivity contribution in [2.24, 2.45) is 0 Å². The van der Waals surface area contributed by atoms with E-state index < -0.39 is 0 Å². The highest BCUT2D eigenvalue weighted by atomic mass is 35.5. The lowest BCUT2D eigenvalue weighted by Crippen LogP contribution is -2.22. The van der Waals surface area contributed by atoms with Gasteiger partial charge in [0.25, 0.3) is 0 Å². The Bertz CT molecular complexity index is 581. The van der Waals surface area contributed by atoms with Crippen LogP contribution < -0.4 is 5.32 Å². The summed E-state index contributed by atoms with van der Waals surface area (Å²) in [5.74, 6) is 0. The molecule has 2 heteroatoms. The van der Waals surface area contributed by atoms with E-state index in [1.54, 1.807) is 0 Å². The Labute approximate surface area is 133 Å². The van der Waals surface area contributed by atoms with Crippen molar-refractivity contribution in [1.82, 2.24) is 0 Å². The Hall–Kier alpha value is -1.47. The van der Waals surface area contributed by atoms with E-state index in [0.29, 0.717) is 6.04 Å². The fourth-order valence-electron chi connectivity index (χ4n) is 2.55. The molecule has 0 fully saturated rings. The lowest BCUT2D eigenvalue weighted by Gasteiger charge is -2.25. The molecular formula is C19H24ClN. The minimum absolute atomic E-state index is 0.142. The molecule has 21 heavy (non-hydrogen) atoms. The first-order valence-electron chi connectivity index (χ1n) is 7.47. The van der Waals surface area contributed by atoms with Crippen LogP contribution in [0.1, 0.15) is 38.8 Å². The van der Waals surface area contributed by atoms with Crippen molar-refractivity contribution in [2.75, 3.05) is 5.32 Å². The molecule has 0 bridgehead atoms. The summed E-state index contributed by atoms with van der Waals surface area (Å²) in [7, 11) is 0. The fraction of sp³-hybridized carbons (Fsp3) is 0.368. The molecule has 1 unspecified atom stereocenters. The third kappa shape index (κ3) is 4.50. The molecule has 0 heterocycles. The lowest BCUT2D eigenvalue weighted by molar-refractivity contribution is 0.590. The maximum atomic E-state index is 5.93. The number of rotatable bonds is 4. The number of halogens is 1. The first-order chi connectivity index (χ1) is 9.86. The smallest absolute Gasteiger partial charge is 0.0406 e. The summed E-state index contributed by atoms with van der Waals surface area (Å²) < 4.78 is 0. The van der Waals surface area contributed by atoms with E-state index in [4.69, 9.17) is 11.6 Å². The van der Waals surface area contributed by atoms with E-state index in [-0.39, 0.29) is 5.41 Å². The van der Waals surface area contributed by atoms with Crippen molar-refractivity contribution < 1.29 is 0 Å². The van der Waals surface area contributed by atoms with Gasteiger partial charge in [0, 0.05) is 16.8 Å². The van der Waals surface area contributed by atoms with E-state index in [2.05, 4.69) is 69.4 Å². The maximum Gasteiger partial charge on any atom is 0.0406 e. The van der Waals surface area contributed by atoms with E-state index >= 15 is 0 Å². The fourth-order valence-corrected chi connectivity index (χ4v) is 2.68. The van der Waals surface area contributed by atoms with Gasteiger partial charge in [0.05, 0.1) is 0 Å². The third-order valence-corrected chi connectivity index (χ3v) is 3.84. The highest BCUT2D eigenvalue weighted by molar-refractivity contribution is 6.30. The molecule has 1 N–H and O–H groups in total. The zero-order valence-electron chi connectivity index (χ0n) is 13.3. The van der Waals surface area contributed by atoms with Gasteiger partial charge >= 0.3 is 0 Å². The number of benzene rings is 2. The molecule has 0 aliphatic heterocycles. The Morgan fingerprint density at radius 2 is 1.62 bits per heavy atom. The predicted molar refractivity (Wildman–Crippen MR) is 93.4 cm³/mol. The van der Waals surface area contributed by atoms with Crippen molar-refractivity contribution in [3.05, 3.63) is 64.7 Å². The highest BCUT2D eigenvalue weighted by Crippen LogP contribution is 2.29. The molecule has 2 rings (SSSR count). The Morgan fingerprint density at radius 1 is 1.00 bits per heavy atom.